The summed E-state index contributed by atoms with van der Waals surface area (Å²) in [4.78, 5) is 16.6. The van der Waals surface area contributed by atoms with E-state index in [1.54, 1.807) is 0 Å². The SMILES string of the molecule is CC(C)[C@H](N)C(=O)N1CCN(C2CCOCC2)CC1. The molecule has 19 heavy (non-hydrogen) atoms. The number of ether oxygens (including phenoxy) is 1. The van der Waals surface area contributed by atoms with E-state index in [4.69, 9.17) is 10.5 Å². The third-order valence-electron chi connectivity index (χ3n) is 4.34. The van der Waals surface area contributed by atoms with Crippen molar-refractivity contribution >= 4 is 5.91 Å². The normalized spacial score (nSPS) is 24.7. The van der Waals surface area contributed by atoms with Crippen LogP contribution < -0.4 is 5.73 Å². The Bertz CT molecular complexity index is 295. The van der Waals surface area contributed by atoms with Gasteiger partial charge in [-0.15, -0.1) is 0 Å². The van der Waals surface area contributed by atoms with Crippen LogP contribution in [0.25, 0.3) is 0 Å². The van der Waals surface area contributed by atoms with Gasteiger partial charge in [-0.05, 0) is 18.8 Å². The molecule has 2 rings (SSSR count). The van der Waals surface area contributed by atoms with Gasteiger partial charge in [-0.2, -0.15) is 0 Å². The van der Waals surface area contributed by atoms with Gasteiger partial charge in [0.05, 0.1) is 6.04 Å². The lowest BCUT2D eigenvalue weighted by molar-refractivity contribution is -0.136. The number of carbonyl (C=O) groups is 1. The van der Waals surface area contributed by atoms with Crippen LogP contribution in [0.15, 0.2) is 0 Å². The summed E-state index contributed by atoms with van der Waals surface area (Å²) in [6, 6.07) is 0.291. The molecule has 5 heteroatoms. The molecule has 0 unspecified atom stereocenters. The Balaban J connectivity index is 1.80. The lowest BCUT2D eigenvalue weighted by atomic mass is 10.0. The molecule has 0 aliphatic carbocycles. The van der Waals surface area contributed by atoms with Gasteiger partial charge in [0.1, 0.15) is 0 Å². The molecule has 1 amide bonds. The molecule has 2 N–H and O–H groups in total. The fourth-order valence-corrected chi connectivity index (χ4v) is 2.85. The number of amides is 1. The molecule has 0 aromatic heterocycles. The summed E-state index contributed by atoms with van der Waals surface area (Å²) in [6.45, 7) is 9.33. The van der Waals surface area contributed by atoms with Gasteiger partial charge in [0.25, 0.3) is 0 Å². The number of hydrogen-bond donors (Lipinski definition) is 1. The van der Waals surface area contributed by atoms with Crippen molar-refractivity contribution < 1.29 is 9.53 Å². The topological polar surface area (TPSA) is 58.8 Å². The predicted octanol–water partition coefficient (Wildman–Crippen LogP) is 0.293. The van der Waals surface area contributed by atoms with Crippen LogP contribution in [-0.4, -0.2) is 67.2 Å². The van der Waals surface area contributed by atoms with Crippen molar-refractivity contribution in [3.05, 3.63) is 0 Å². The highest BCUT2D eigenvalue weighted by Gasteiger charge is 2.29. The minimum absolute atomic E-state index is 0.113. The van der Waals surface area contributed by atoms with Gasteiger partial charge >= 0.3 is 0 Å². The number of piperazine rings is 1. The van der Waals surface area contributed by atoms with Crippen molar-refractivity contribution in [2.45, 2.75) is 38.8 Å². The molecule has 2 aliphatic rings. The van der Waals surface area contributed by atoms with Gasteiger partial charge in [-0.25, -0.2) is 0 Å². The summed E-state index contributed by atoms with van der Waals surface area (Å²) in [5, 5.41) is 0. The molecule has 2 aliphatic heterocycles. The van der Waals surface area contributed by atoms with Crippen LogP contribution in [0.3, 0.4) is 0 Å². The van der Waals surface area contributed by atoms with Crippen molar-refractivity contribution in [3.8, 4) is 0 Å². The highest BCUT2D eigenvalue weighted by molar-refractivity contribution is 5.82. The monoisotopic (exact) mass is 269 g/mol. The predicted molar refractivity (Wildman–Crippen MR) is 74.8 cm³/mol. The number of carbonyl (C=O) groups excluding carboxylic acids is 1. The first kappa shape index (κ1) is 14.8. The Labute approximate surface area is 116 Å². The Hall–Kier alpha value is -0.650. The van der Waals surface area contributed by atoms with Crippen molar-refractivity contribution in [3.63, 3.8) is 0 Å². The lowest BCUT2D eigenvalue weighted by Gasteiger charge is -2.41. The van der Waals surface area contributed by atoms with Gasteiger partial charge < -0.3 is 15.4 Å². The first-order chi connectivity index (χ1) is 9.09. The molecule has 2 saturated heterocycles. The number of hydrogen-bond acceptors (Lipinski definition) is 4. The van der Waals surface area contributed by atoms with E-state index in [0.717, 1.165) is 52.2 Å². The third kappa shape index (κ3) is 3.68. The molecular weight excluding hydrogens is 242 g/mol. The molecule has 2 fully saturated rings. The number of rotatable bonds is 3. The van der Waals surface area contributed by atoms with Crippen LogP contribution in [0.4, 0.5) is 0 Å². The molecule has 2 heterocycles. The Morgan fingerprint density at radius 1 is 1.16 bits per heavy atom. The summed E-state index contributed by atoms with van der Waals surface area (Å²) in [6.07, 6.45) is 2.25. The average molecular weight is 269 g/mol. The van der Waals surface area contributed by atoms with Crippen LogP contribution >= 0.6 is 0 Å². The van der Waals surface area contributed by atoms with Crippen molar-refractivity contribution in [1.29, 1.82) is 0 Å². The Kier molecular flexibility index (Phi) is 5.19. The molecule has 0 bridgehead atoms. The maximum atomic E-state index is 12.2. The second-order valence-electron chi connectivity index (χ2n) is 5.97. The molecule has 110 valence electrons. The zero-order valence-electron chi connectivity index (χ0n) is 12.2. The molecule has 0 aromatic rings. The van der Waals surface area contributed by atoms with Gasteiger partial charge in [0.15, 0.2) is 0 Å². The van der Waals surface area contributed by atoms with Crippen molar-refractivity contribution in [2.75, 3.05) is 39.4 Å². The molecule has 0 saturated carbocycles. The Morgan fingerprint density at radius 3 is 2.26 bits per heavy atom. The van der Waals surface area contributed by atoms with Gasteiger partial charge in [0.2, 0.25) is 5.91 Å². The largest absolute Gasteiger partial charge is 0.381 e. The van der Waals surface area contributed by atoms with Crippen molar-refractivity contribution in [1.82, 2.24) is 9.80 Å². The van der Waals surface area contributed by atoms with Crippen LogP contribution in [0.2, 0.25) is 0 Å². The molecule has 1 atom stereocenters. The smallest absolute Gasteiger partial charge is 0.239 e. The minimum atomic E-state index is -0.352. The molecular formula is C14H27N3O2. The number of nitrogens with zero attached hydrogens (tertiary/aromatic N) is 2. The standard InChI is InChI=1S/C14H27N3O2/c1-11(2)13(15)14(18)17-7-5-16(6-8-17)12-3-9-19-10-4-12/h11-13H,3-10,15H2,1-2H3/t13-/m0/s1. The summed E-state index contributed by atoms with van der Waals surface area (Å²) < 4.78 is 5.40. The first-order valence-electron chi connectivity index (χ1n) is 7.45. The fraction of sp³-hybridized carbons (Fsp3) is 0.929. The van der Waals surface area contributed by atoms with E-state index in [1.165, 1.54) is 0 Å². The molecule has 0 spiro atoms. The van der Waals surface area contributed by atoms with Gasteiger partial charge in [-0.3, -0.25) is 9.69 Å². The maximum Gasteiger partial charge on any atom is 0.239 e. The molecule has 0 radical (unpaired) electrons. The van der Waals surface area contributed by atoms with E-state index in [1.807, 2.05) is 18.7 Å². The average Bonchev–Trinajstić information content (AvgIpc) is 2.46. The van der Waals surface area contributed by atoms with Crippen molar-refractivity contribution in [2.24, 2.45) is 11.7 Å². The van der Waals surface area contributed by atoms with Gasteiger partial charge in [0, 0.05) is 45.4 Å². The zero-order valence-corrected chi connectivity index (χ0v) is 12.2. The lowest BCUT2D eigenvalue weighted by Crippen LogP contribution is -2.56. The summed E-state index contributed by atoms with van der Waals surface area (Å²) in [7, 11) is 0. The van der Waals surface area contributed by atoms with E-state index in [2.05, 4.69) is 4.90 Å². The number of nitrogens with two attached hydrogens (primary N) is 1. The summed E-state index contributed by atoms with van der Waals surface area (Å²) >= 11 is 0. The highest BCUT2D eigenvalue weighted by atomic mass is 16.5. The quantitative estimate of drug-likeness (QED) is 0.800. The maximum absolute atomic E-state index is 12.2. The van der Waals surface area contributed by atoms with E-state index in [9.17, 15) is 4.79 Å². The Morgan fingerprint density at radius 2 is 1.74 bits per heavy atom. The van der Waals surface area contributed by atoms with Crippen LogP contribution in [0.5, 0.6) is 0 Å². The fourth-order valence-electron chi connectivity index (χ4n) is 2.85. The van der Waals surface area contributed by atoms with Crippen LogP contribution in [0.1, 0.15) is 26.7 Å². The summed E-state index contributed by atoms with van der Waals surface area (Å²) in [5.74, 6) is 0.322. The second kappa shape index (κ2) is 6.68. The van der Waals surface area contributed by atoms with E-state index in [0.29, 0.717) is 6.04 Å². The highest BCUT2D eigenvalue weighted by Crippen LogP contribution is 2.17. The van der Waals surface area contributed by atoms with Gasteiger partial charge in [-0.1, -0.05) is 13.8 Å². The first-order valence-corrected chi connectivity index (χ1v) is 7.45. The third-order valence-corrected chi connectivity index (χ3v) is 4.34. The second-order valence-corrected chi connectivity index (χ2v) is 5.97. The van der Waals surface area contributed by atoms with Crippen LogP contribution in [-0.2, 0) is 9.53 Å². The minimum Gasteiger partial charge on any atom is -0.381 e. The summed E-state index contributed by atoms with van der Waals surface area (Å²) in [5.41, 5.74) is 5.95. The molecule has 5 nitrogen and oxygen atoms in total. The van der Waals surface area contributed by atoms with Crippen LogP contribution in [0, 0.1) is 5.92 Å². The van der Waals surface area contributed by atoms with E-state index >= 15 is 0 Å². The zero-order chi connectivity index (χ0) is 13.8. The van der Waals surface area contributed by atoms with E-state index in [-0.39, 0.29) is 17.9 Å². The van der Waals surface area contributed by atoms with E-state index < -0.39 is 0 Å². The molecule has 0 aromatic carbocycles.